The number of hydrogen-bond acceptors (Lipinski definition) is 2. The third-order valence-corrected chi connectivity index (χ3v) is 8.52. The summed E-state index contributed by atoms with van der Waals surface area (Å²) in [7, 11) is 0. The predicted octanol–water partition coefficient (Wildman–Crippen LogP) is 9.41. The smallest absolute Gasteiger partial charge is 0.159 e. The first-order valence-corrected chi connectivity index (χ1v) is 13.5. The van der Waals surface area contributed by atoms with E-state index in [1.807, 2.05) is 0 Å². The maximum Gasteiger partial charge on any atom is 0.159 e. The van der Waals surface area contributed by atoms with Crippen LogP contribution in [0.5, 0.6) is 0 Å². The molecule has 0 N–H and O–H groups in total. The minimum absolute atomic E-state index is 0.236. The van der Waals surface area contributed by atoms with Crippen LogP contribution in [-0.4, -0.2) is 10.6 Å². The first-order valence-electron chi connectivity index (χ1n) is 13.5. The fourth-order valence-corrected chi connectivity index (χ4v) is 6.87. The highest BCUT2D eigenvalue weighted by Gasteiger charge is 2.38. The number of aromatic nitrogens is 1. The van der Waals surface area contributed by atoms with Crippen molar-refractivity contribution in [2.75, 3.05) is 4.90 Å². The van der Waals surface area contributed by atoms with Crippen LogP contribution in [0.4, 0.5) is 11.4 Å². The van der Waals surface area contributed by atoms with Crippen molar-refractivity contribution in [3.63, 3.8) is 0 Å². The molecule has 9 rings (SSSR count). The third kappa shape index (κ3) is 2.82. The molecule has 0 bridgehead atoms. The van der Waals surface area contributed by atoms with Gasteiger partial charge in [0.15, 0.2) is 5.58 Å². The fourth-order valence-electron chi connectivity index (χ4n) is 6.87. The Kier molecular flexibility index (Phi) is 4.17. The zero-order valence-electron chi connectivity index (χ0n) is 21.2. The van der Waals surface area contributed by atoms with Gasteiger partial charge in [-0.05, 0) is 48.0 Å². The molecule has 2 atom stereocenters. The number of nitrogens with zero attached hydrogens (tertiary/aromatic N) is 2. The Balaban J connectivity index is 1.28. The number of rotatable bonds is 2. The Morgan fingerprint density at radius 3 is 2.10 bits per heavy atom. The van der Waals surface area contributed by atoms with Crippen LogP contribution in [0.1, 0.15) is 11.5 Å². The highest BCUT2D eigenvalue weighted by molar-refractivity contribution is 6.12. The number of furan rings is 1. The van der Waals surface area contributed by atoms with Crippen molar-refractivity contribution in [3.05, 3.63) is 139 Å². The van der Waals surface area contributed by atoms with Gasteiger partial charge in [0.05, 0.1) is 22.8 Å². The molecule has 3 heterocycles. The van der Waals surface area contributed by atoms with Gasteiger partial charge in [-0.1, -0.05) is 91.0 Å². The second-order valence-corrected chi connectivity index (χ2v) is 10.5. The van der Waals surface area contributed by atoms with Gasteiger partial charge in [-0.15, -0.1) is 0 Å². The lowest BCUT2D eigenvalue weighted by atomic mass is 9.91. The summed E-state index contributed by atoms with van der Waals surface area (Å²) in [5.74, 6) is 0.341. The van der Waals surface area contributed by atoms with Crippen LogP contribution in [0.15, 0.2) is 138 Å². The fraction of sp³-hybridized carbons (Fsp3) is 0.0556. The standard InChI is InChI=1S/C36H24N2O/c1-5-15-30-24(10-1)25-11-2-6-16-31(25)37(30)23-20-21-35-29(22-23)28-14-9-19-34(36(28)39-35)38-32-17-7-3-12-26(32)27-13-4-8-18-33(27)38/h1-22,26,32H. The molecule has 0 amide bonds. The highest BCUT2D eigenvalue weighted by Crippen LogP contribution is 2.50. The summed E-state index contributed by atoms with van der Waals surface area (Å²) >= 11 is 0. The topological polar surface area (TPSA) is 21.3 Å². The Bertz CT molecular complexity index is 2110. The molecule has 2 aliphatic rings. The van der Waals surface area contributed by atoms with Gasteiger partial charge in [0.1, 0.15) is 5.58 Å². The molecule has 3 heteroatoms. The summed E-state index contributed by atoms with van der Waals surface area (Å²) in [6.07, 6.45) is 8.96. The van der Waals surface area contributed by atoms with Crippen molar-refractivity contribution in [2.45, 2.75) is 12.0 Å². The van der Waals surface area contributed by atoms with Gasteiger partial charge in [-0.2, -0.15) is 0 Å². The maximum atomic E-state index is 6.65. The molecule has 5 aromatic carbocycles. The van der Waals surface area contributed by atoms with Gasteiger partial charge >= 0.3 is 0 Å². The number of hydrogen-bond donors (Lipinski definition) is 0. The first kappa shape index (κ1) is 21.0. The number of fused-ring (bicyclic) bond motifs is 9. The molecule has 0 saturated heterocycles. The van der Waals surface area contributed by atoms with Crippen molar-refractivity contribution in [3.8, 4) is 5.69 Å². The van der Waals surface area contributed by atoms with E-state index in [1.54, 1.807) is 0 Å². The molecule has 0 saturated carbocycles. The van der Waals surface area contributed by atoms with E-state index >= 15 is 0 Å². The lowest BCUT2D eigenvalue weighted by molar-refractivity contribution is 0.663. The highest BCUT2D eigenvalue weighted by atomic mass is 16.3. The summed E-state index contributed by atoms with van der Waals surface area (Å²) in [6, 6.07) is 39.4. The number of para-hydroxylation sites is 4. The van der Waals surface area contributed by atoms with Gasteiger partial charge in [0, 0.05) is 38.8 Å². The van der Waals surface area contributed by atoms with Gasteiger partial charge in [-0.3, -0.25) is 0 Å². The molecule has 3 nitrogen and oxygen atoms in total. The largest absolute Gasteiger partial charge is 0.454 e. The molecule has 0 radical (unpaired) electrons. The second kappa shape index (κ2) is 7.75. The van der Waals surface area contributed by atoms with Gasteiger partial charge in [0.2, 0.25) is 0 Å². The molecule has 184 valence electrons. The van der Waals surface area contributed by atoms with Gasteiger partial charge in [0.25, 0.3) is 0 Å². The van der Waals surface area contributed by atoms with E-state index in [0.717, 1.165) is 33.3 Å². The van der Waals surface area contributed by atoms with Crippen LogP contribution >= 0.6 is 0 Å². The van der Waals surface area contributed by atoms with E-state index in [0.29, 0.717) is 5.92 Å². The molecule has 39 heavy (non-hydrogen) atoms. The van der Waals surface area contributed by atoms with E-state index in [2.05, 4.69) is 143 Å². The second-order valence-electron chi connectivity index (χ2n) is 10.5. The zero-order chi connectivity index (χ0) is 25.5. The summed E-state index contributed by atoms with van der Waals surface area (Å²) in [4.78, 5) is 2.46. The maximum absolute atomic E-state index is 6.65. The average molecular weight is 501 g/mol. The normalized spacial score (nSPS) is 18.0. The van der Waals surface area contributed by atoms with Crippen molar-refractivity contribution in [2.24, 2.45) is 0 Å². The molecule has 7 aromatic rings. The Morgan fingerprint density at radius 1 is 0.564 bits per heavy atom. The minimum atomic E-state index is 0.236. The van der Waals surface area contributed by atoms with Gasteiger partial charge in [-0.25, -0.2) is 0 Å². The predicted molar refractivity (Wildman–Crippen MR) is 161 cm³/mol. The average Bonchev–Trinajstić information content (AvgIpc) is 3.65. The van der Waals surface area contributed by atoms with E-state index < -0.39 is 0 Å². The van der Waals surface area contributed by atoms with E-state index in [1.165, 1.54) is 33.1 Å². The molecule has 0 spiro atoms. The van der Waals surface area contributed by atoms with Crippen LogP contribution in [0, 0.1) is 0 Å². The van der Waals surface area contributed by atoms with Crippen LogP contribution in [0.3, 0.4) is 0 Å². The molecule has 2 aromatic heterocycles. The molecular formula is C36H24N2O. The summed E-state index contributed by atoms with van der Waals surface area (Å²) in [5.41, 5.74) is 9.14. The van der Waals surface area contributed by atoms with Crippen LogP contribution in [0.25, 0.3) is 49.4 Å². The van der Waals surface area contributed by atoms with Gasteiger partial charge < -0.3 is 13.9 Å². The summed E-state index contributed by atoms with van der Waals surface area (Å²) in [5, 5.41) is 4.81. The summed E-state index contributed by atoms with van der Waals surface area (Å²) in [6.45, 7) is 0. The van der Waals surface area contributed by atoms with E-state index in [-0.39, 0.29) is 6.04 Å². The Morgan fingerprint density at radius 2 is 1.26 bits per heavy atom. The lowest BCUT2D eigenvalue weighted by Gasteiger charge is -2.28. The third-order valence-electron chi connectivity index (χ3n) is 8.52. The first-order chi connectivity index (χ1) is 19.4. The van der Waals surface area contributed by atoms with E-state index in [9.17, 15) is 0 Å². The van der Waals surface area contributed by atoms with Crippen LogP contribution < -0.4 is 4.90 Å². The molecule has 0 fully saturated rings. The Labute approximate surface area is 225 Å². The quantitative estimate of drug-likeness (QED) is 0.236. The zero-order valence-corrected chi connectivity index (χ0v) is 21.2. The number of benzene rings is 5. The monoisotopic (exact) mass is 500 g/mol. The molecular weight excluding hydrogens is 476 g/mol. The minimum Gasteiger partial charge on any atom is -0.454 e. The SMILES string of the molecule is C1=CC2c3ccccc3N(c3cccc4c3oc3ccc(-n5c6ccccc6c6ccccc65)cc34)C2C=C1. The van der Waals surface area contributed by atoms with Crippen molar-refractivity contribution >= 4 is 55.1 Å². The lowest BCUT2D eigenvalue weighted by Crippen LogP contribution is -2.28. The summed E-state index contributed by atoms with van der Waals surface area (Å²) < 4.78 is 9.01. The Hall–Kier alpha value is -5.02. The van der Waals surface area contributed by atoms with Crippen molar-refractivity contribution < 1.29 is 4.42 Å². The molecule has 1 aliphatic heterocycles. The molecule has 2 unspecified atom stereocenters. The number of anilines is 2. The van der Waals surface area contributed by atoms with Crippen LogP contribution in [-0.2, 0) is 0 Å². The van der Waals surface area contributed by atoms with Crippen molar-refractivity contribution in [1.82, 2.24) is 4.57 Å². The van der Waals surface area contributed by atoms with Crippen molar-refractivity contribution in [1.29, 1.82) is 0 Å². The number of allylic oxidation sites excluding steroid dienone is 2. The van der Waals surface area contributed by atoms with E-state index in [4.69, 9.17) is 4.42 Å². The molecule has 1 aliphatic carbocycles. The van der Waals surface area contributed by atoms with Crippen LogP contribution in [0.2, 0.25) is 0 Å².